The summed E-state index contributed by atoms with van der Waals surface area (Å²) in [5, 5.41) is 7.56. The van der Waals surface area contributed by atoms with Crippen LogP contribution in [-0.2, 0) is 6.54 Å². The van der Waals surface area contributed by atoms with Gasteiger partial charge < -0.3 is 5.32 Å². The number of hydrogen-bond donors (Lipinski definition) is 1. The van der Waals surface area contributed by atoms with Gasteiger partial charge in [-0.25, -0.2) is 9.07 Å². The minimum absolute atomic E-state index is 0.0574. The molecule has 0 fully saturated rings. The Hall–Kier alpha value is -0.950. The Morgan fingerprint density at radius 1 is 1.37 bits per heavy atom. The second-order valence-corrected chi connectivity index (χ2v) is 6.69. The molecule has 1 aromatic carbocycles. The molecule has 0 aliphatic heterocycles. The van der Waals surface area contributed by atoms with E-state index in [1.54, 1.807) is 16.9 Å². The third-order valence-electron chi connectivity index (χ3n) is 2.69. The van der Waals surface area contributed by atoms with E-state index >= 15 is 0 Å². The Morgan fingerprint density at radius 3 is 2.68 bits per heavy atom. The molecule has 2 aromatic rings. The molecule has 19 heavy (non-hydrogen) atoms. The Morgan fingerprint density at radius 2 is 2.11 bits per heavy atom. The second kappa shape index (κ2) is 5.58. The maximum Gasteiger partial charge on any atom is 0.129 e. The van der Waals surface area contributed by atoms with E-state index < -0.39 is 0 Å². The molecular weight excluding hydrogens is 356 g/mol. The van der Waals surface area contributed by atoms with Crippen molar-refractivity contribution in [1.82, 2.24) is 15.1 Å². The van der Waals surface area contributed by atoms with Gasteiger partial charge in [0.15, 0.2) is 0 Å². The molecule has 1 heterocycles. The first-order chi connectivity index (χ1) is 8.87. The summed E-state index contributed by atoms with van der Waals surface area (Å²) in [6.45, 7) is 6.65. The first-order valence-corrected chi connectivity index (χ1v) is 7.18. The van der Waals surface area contributed by atoms with Crippen molar-refractivity contribution >= 4 is 22.6 Å². The van der Waals surface area contributed by atoms with Gasteiger partial charge in [-0.2, -0.15) is 5.10 Å². The fourth-order valence-corrected chi connectivity index (χ4v) is 2.11. The molecule has 0 saturated carbocycles. The van der Waals surface area contributed by atoms with Crippen LogP contribution in [0.3, 0.4) is 0 Å². The molecule has 0 unspecified atom stereocenters. The van der Waals surface area contributed by atoms with Gasteiger partial charge >= 0.3 is 0 Å². The predicted molar refractivity (Wildman–Crippen MR) is 82.8 cm³/mol. The molecule has 0 spiro atoms. The third-order valence-corrected chi connectivity index (χ3v) is 3.24. The highest BCUT2D eigenvalue weighted by molar-refractivity contribution is 14.1. The van der Waals surface area contributed by atoms with Crippen LogP contribution in [0.2, 0.25) is 0 Å². The maximum absolute atomic E-state index is 14.0. The average molecular weight is 373 g/mol. The summed E-state index contributed by atoms with van der Waals surface area (Å²) in [5.41, 5.74) is 1.36. The summed E-state index contributed by atoms with van der Waals surface area (Å²) in [6, 6.07) is 5.07. The fraction of sp³-hybridized carbons (Fsp3) is 0.357. The van der Waals surface area contributed by atoms with Crippen LogP contribution in [0.15, 0.2) is 30.6 Å². The van der Waals surface area contributed by atoms with E-state index in [4.69, 9.17) is 0 Å². The molecular formula is C14H17FIN3. The van der Waals surface area contributed by atoms with Gasteiger partial charge in [0.2, 0.25) is 0 Å². The van der Waals surface area contributed by atoms with Crippen LogP contribution < -0.4 is 5.32 Å². The lowest BCUT2D eigenvalue weighted by molar-refractivity contribution is 0.418. The van der Waals surface area contributed by atoms with Gasteiger partial charge in [-0.3, -0.25) is 0 Å². The zero-order valence-corrected chi connectivity index (χ0v) is 13.4. The molecule has 0 aliphatic rings. The molecule has 0 bridgehead atoms. The number of benzene rings is 1. The Balaban J connectivity index is 2.36. The Bertz CT molecular complexity index is 572. The molecule has 1 N–H and O–H groups in total. The highest BCUT2D eigenvalue weighted by Crippen LogP contribution is 2.19. The van der Waals surface area contributed by atoms with Gasteiger partial charge in [0, 0.05) is 23.8 Å². The maximum atomic E-state index is 14.0. The lowest BCUT2D eigenvalue weighted by Gasteiger charge is -2.22. The van der Waals surface area contributed by atoms with Gasteiger partial charge in [0.1, 0.15) is 5.82 Å². The lowest BCUT2D eigenvalue weighted by atomic mass is 10.1. The van der Waals surface area contributed by atoms with Crippen LogP contribution in [0.1, 0.15) is 26.3 Å². The SMILES string of the molecule is CC(C)(C)NCc1c(F)cccc1-n1cc(I)cn1. The third kappa shape index (κ3) is 3.76. The van der Waals surface area contributed by atoms with Gasteiger partial charge in [0.25, 0.3) is 0 Å². The number of aromatic nitrogens is 2. The Kier molecular flexibility index (Phi) is 4.25. The van der Waals surface area contributed by atoms with Gasteiger partial charge in [-0.15, -0.1) is 0 Å². The van der Waals surface area contributed by atoms with Crippen molar-refractivity contribution in [3.8, 4) is 5.69 Å². The van der Waals surface area contributed by atoms with Crippen LogP contribution >= 0.6 is 22.6 Å². The standard InChI is InChI=1S/C14H17FIN3/c1-14(2,3)17-8-11-12(15)5-4-6-13(11)19-9-10(16)7-18-19/h4-7,9,17H,8H2,1-3H3. The summed E-state index contributed by atoms with van der Waals surface area (Å²) in [7, 11) is 0. The smallest absolute Gasteiger partial charge is 0.129 e. The molecule has 0 atom stereocenters. The molecule has 0 saturated heterocycles. The number of hydrogen-bond acceptors (Lipinski definition) is 2. The van der Waals surface area contributed by atoms with E-state index in [1.165, 1.54) is 6.07 Å². The zero-order valence-electron chi connectivity index (χ0n) is 11.2. The fourth-order valence-electron chi connectivity index (χ4n) is 1.72. The minimum atomic E-state index is -0.209. The van der Waals surface area contributed by atoms with E-state index in [2.05, 4.69) is 53.8 Å². The van der Waals surface area contributed by atoms with Crippen LogP contribution in [-0.4, -0.2) is 15.3 Å². The molecule has 0 aliphatic carbocycles. The summed E-state index contributed by atoms with van der Waals surface area (Å²) in [6.07, 6.45) is 3.64. The van der Waals surface area contributed by atoms with Crippen molar-refractivity contribution in [2.75, 3.05) is 0 Å². The molecule has 2 rings (SSSR count). The minimum Gasteiger partial charge on any atom is -0.308 e. The number of halogens is 2. The average Bonchev–Trinajstić information content (AvgIpc) is 2.72. The molecule has 1 aromatic heterocycles. The number of nitrogens with one attached hydrogen (secondary N) is 1. The van der Waals surface area contributed by atoms with Gasteiger partial charge in [0.05, 0.1) is 15.5 Å². The lowest BCUT2D eigenvalue weighted by Crippen LogP contribution is -2.35. The molecule has 102 valence electrons. The van der Waals surface area contributed by atoms with E-state index in [1.807, 2.05) is 12.3 Å². The largest absolute Gasteiger partial charge is 0.308 e. The van der Waals surface area contributed by atoms with Crippen molar-refractivity contribution in [3.63, 3.8) is 0 Å². The first kappa shape index (κ1) is 14.5. The van der Waals surface area contributed by atoms with Gasteiger partial charge in [-0.05, 0) is 55.5 Å². The summed E-state index contributed by atoms with van der Waals surface area (Å²) < 4.78 is 16.8. The monoisotopic (exact) mass is 373 g/mol. The van der Waals surface area contributed by atoms with Crippen molar-refractivity contribution in [3.05, 3.63) is 45.5 Å². The van der Waals surface area contributed by atoms with E-state index in [-0.39, 0.29) is 11.4 Å². The highest BCUT2D eigenvalue weighted by atomic mass is 127. The second-order valence-electron chi connectivity index (χ2n) is 5.44. The van der Waals surface area contributed by atoms with Crippen LogP contribution in [0.25, 0.3) is 5.69 Å². The van der Waals surface area contributed by atoms with E-state index in [9.17, 15) is 4.39 Å². The summed E-state index contributed by atoms with van der Waals surface area (Å²) in [5.74, 6) is -0.209. The van der Waals surface area contributed by atoms with Crippen LogP contribution in [0.4, 0.5) is 4.39 Å². The molecule has 3 nitrogen and oxygen atoms in total. The molecule has 0 radical (unpaired) electrons. The number of rotatable bonds is 3. The van der Waals surface area contributed by atoms with Crippen molar-refractivity contribution in [1.29, 1.82) is 0 Å². The Labute approximate surface area is 126 Å². The summed E-state index contributed by atoms with van der Waals surface area (Å²) >= 11 is 2.19. The normalized spacial score (nSPS) is 11.8. The highest BCUT2D eigenvalue weighted by Gasteiger charge is 2.14. The quantitative estimate of drug-likeness (QED) is 0.835. The summed E-state index contributed by atoms with van der Waals surface area (Å²) in [4.78, 5) is 0. The van der Waals surface area contributed by atoms with E-state index in [0.29, 0.717) is 12.1 Å². The first-order valence-electron chi connectivity index (χ1n) is 6.10. The van der Waals surface area contributed by atoms with Crippen LogP contribution in [0.5, 0.6) is 0 Å². The molecule has 0 amide bonds. The van der Waals surface area contributed by atoms with Crippen molar-refractivity contribution in [2.24, 2.45) is 0 Å². The van der Waals surface area contributed by atoms with Crippen molar-refractivity contribution in [2.45, 2.75) is 32.9 Å². The van der Waals surface area contributed by atoms with Crippen molar-refractivity contribution < 1.29 is 4.39 Å². The van der Waals surface area contributed by atoms with Crippen LogP contribution in [0, 0.1) is 9.39 Å². The number of nitrogens with zero attached hydrogens (tertiary/aromatic N) is 2. The molecule has 5 heteroatoms. The van der Waals surface area contributed by atoms with Gasteiger partial charge in [-0.1, -0.05) is 6.07 Å². The zero-order chi connectivity index (χ0) is 14.0. The predicted octanol–water partition coefficient (Wildman–Crippen LogP) is 3.50. The topological polar surface area (TPSA) is 29.9 Å². The van der Waals surface area contributed by atoms with E-state index in [0.717, 1.165) is 9.26 Å².